The van der Waals surface area contributed by atoms with E-state index in [2.05, 4.69) is 182 Å². The van der Waals surface area contributed by atoms with Crippen LogP contribution in [-0.2, 0) is 0 Å². The minimum Gasteiger partial charge on any atom is -0.0622 e. The van der Waals surface area contributed by atoms with Gasteiger partial charge < -0.3 is 0 Å². The Labute approximate surface area is 268 Å². The second-order valence-electron chi connectivity index (χ2n) is 12.1. The number of hydrogen-bond donors (Lipinski definition) is 0. The van der Waals surface area contributed by atoms with Crippen molar-refractivity contribution in [1.29, 1.82) is 0 Å². The molecule has 0 bridgehead atoms. The Morgan fingerprint density at radius 3 is 1.43 bits per heavy atom. The summed E-state index contributed by atoms with van der Waals surface area (Å²) in [5, 5.41) is 10.1. The number of benzene rings is 9. The third-order valence-electron chi connectivity index (χ3n) is 9.44. The summed E-state index contributed by atoms with van der Waals surface area (Å²) in [6, 6.07) is 66.5. The van der Waals surface area contributed by atoms with Gasteiger partial charge in [-0.1, -0.05) is 170 Å². The van der Waals surface area contributed by atoms with E-state index in [-0.39, 0.29) is 0 Å². The highest BCUT2D eigenvalue weighted by Gasteiger charge is 2.19. The second kappa shape index (κ2) is 10.9. The SMILES string of the molecule is c1ccc(-c2ccccc2-c2c3ccccc3c(-c3ccc4ccc(-c5cccc6ccccc56)cc4c3)c3ccccc23)cc1. The Morgan fingerprint density at radius 1 is 0.217 bits per heavy atom. The lowest BCUT2D eigenvalue weighted by Crippen LogP contribution is -1.92. The maximum absolute atomic E-state index is 2.38. The van der Waals surface area contributed by atoms with E-state index in [4.69, 9.17) is 0 Å². The van der Waals surface area contributed by atoms with Gasteiger partial charge in [0.2, 0.25) is 0 Å². The molecule has 9 rings (SSSR count). The van der Waals surface area contributed by atoms with Crippen LogP contribution in [0.1, 0.15) is 0 Å². The van der Waals surface area contributed by atoms with Crippen molar-refractivity contribution in [2.75, 3.05) is 0 Å². The number of rotatable bonds is 4. The topological polar surface area (TPSA) is 0 Å². The molecule has 0 N–H and O–H groups in total. The van der Waals surface area contributed by atoms with E-state index < -0.39 is 0 Å². The van der Waals surface area contributed by atoms with E-state index in [1.54, 1.807) is 0 Å². The van der Waals surface area contributed by atoms with Crippen LogP contribution in [0.2, 0.25) is 0 Å². The molecule has 0 saturated carbocycles. The summed E-state index contributed by atoms with van der Waals surface area (Å²) in [5.41, 5.74) is 10.0. The highest BCUT2D eigenvalue weighted by atomic mass is 14.2. The molecule has 9 aromatic carbocycles. The van der Waals surface area contributed by atoms with Gasteiger partial charge in [-0.3, -0.25) is 0 Å². The quantitative estimate of drug-likeness (QED) is 0.181. The molecule has 0 aromatic heterocycles. The molecule has 9 aromatic rings. The molecule has 0 aliphatic heterocycles. The van der Waals surface area contributed by atoms with Crippen LogP contribution in [0, 0.1) is 0 Å². The van der Waals surface area contributed by atoms with Crippen molar-refractivity contribution < 1.29 is 0 Å². The van der Waals surface area contributed by atoms with Crippen molar-refractivity contribution in [3.05, 3.63) is 182 Å². The predicted molar refractivity (Wildman–Crippen MR) is 198 cm³/mol. The third-order valence-corrected chi connectivity index (χ3v) is 9.44. The molecule has 0 atom stereocenters. The van der Waals surface area contributed by atoms with Crippen molar-refractivity contribution in [3.8, 4) is 44.5 Å². The molecule has 214 valence electrons. The van der Waals surface area contributed by atoms with Gasteiger partial charge in [0, 0.05) is 0 Å². The Bertz CT molecular complexity index is 2510. The van der Waals surface area contributed by atoms with Crippen molar-refractivity contribution in [1.82, 2.24) is 0 Å². The molecule has 0 aliphatic carbocycles. The van der Waals surface area contributed by atoms with Crippen molar-refractivity contribution in [3.63, 3.8) is 0 Å². The lowest BCUT2D eigenvalue weighted by molar-refractivity contribution is 1.61. The molecule has 0 heterocycles. The summed E-state index contributed by atoms with van der Waals surface area (Å²) < 4.78 is 0. The lowest BCUT2D eigenvalue weighted by Gasteiger charge is -2.20. The van der Waals surface area contributed by atoms with Gasteiger partial charge in [0.1, 0.15) is 0 Å². The molecule has 0 aliphatic rings. The zero-order chi connectivity index (χ0) is 30.5. The number of hydrogen-bond acceptors (Lipinski definition) is 0. The first kappa shape index (κ1) is 26.4. The minimum atomic E-state index is 1.23. The van der Waals surface area contributed by atoms with Crippen LogP contribution in [0.15, 0.2) is 182 Å². The van der Waals surface area contributed by atoms with Gasteiger partial charge in [-0.25, -0.2) is 0 Å². The predicted octanol–water partition coefficient (Wildman–Crippen LogP) is 13.0. The van der Waals surface area contributed by atoms with Crippen LogP contribution in [0.25, 0.3) is 87.6 Å². The maximum Gasteiger partial charge on any atom is -0.00201 e. The summed E-state index contributed by atoms with van der Waals surface area (Å²) in [7, 11) is 0. The van der Waals surface area contributed by atoms with Gasteiger partial charge in [-0.15, -0.1) is 0 Å². The largest absolute Gasteiger partial charge is 0.0622 e. The van der Waals surface area contributed by atoms with Crippen molar-refractivity contribution >= 4 is 43.1 Å². The van der Waals surface area contributed by atoms with Gasteiger partial charge in [0.05, 0.1) is 0 Å². The maximum atomic E-state index is 2.38. The molecule has 0 radical (unpaired) electrons. The summed E-state index contributed by atoms with van der Waals surface area (Å²) in [6.07, 6.45) is 0. The monoisotopic (exact) mass is 582 g/mol. The van der Waals surface area contributed by atoms with Crippen LogP contribution < -0.4 is 0 Å². The fourth-order valence-corrected chi connectivity index (χ4v) is 7.35. The zero-order valence-electron chi connectivity index (χ0n) is 25.3. The molecule has 0 nitrogen and oxygen atoms in total. The van der Waals surface area contributed by atoms with Crippen LogP contribution in [0.4, 0.5) is 0 Å². The normalized spacial score (nSPS) is 11.5. The Hall–Kier alpha value is -5.98. The van der Waals surface area contributed by atoms with Crippen LogP contribution in [-0.4, -0.2) is 0 Å². The molecule has 0 unspecified atom stereocenters. The van der Waals surface area contributed by atoms with E-state index in [0.717, 1.165) is 0 Å². The van der Waals surface area contributed by atoms with E-state index in [1.165, 1.54) is 87.6 Å². The van der Waals surface area contributed by atoms with Crippen LogP contribution in [0.3, 0.4) is 0 Å². The first-order chi connectivity index (χ1) is 22.8. The molecule has 0 fully saturated rings. The van der Waals surface area contributed by atoms with Crippen LogP contribution >= 0.6 is 0 Å². The standard InChI is InChI=1S/C46H30/c1-2-13-32(14-3-1)38-18-6-7-19-40(38)46-43-22-10-8-20-41(43)45(42-21-9-11-23-44(42)46)35-28-26-31-25-27-34(29-36(31)30-35)39-24-12-16-33-15-4-5-17-37(33)39/h1-30H. The van der Waals surface area contributed by atoms with Gasteiger partial charge in [0.25, 0.3) is 0 Å². The minimum absolute atomic E-state index is 1.23. The summed E-state index contributed by atoms with van der Waals surface area (Å²) >= 11 is 0. The first-order valence-corrected chi connectivity index (χ1v) is 15.9. The van der Waals surface area contributed by atoms with E-state index in [1.807, 2.05) is 0 Å². The second-order valence-corrected chi connectivity index (χ2v) is 12.1. The molecule has 0 saturated heterocycles. The summed E-state index contributed by atoms with van der Waals surface area (Å²) in [5.74, 6) is 0. The molecule has 46 heavy (non-hydrogen) atoms. The average Bonchev–Trinajstić information content (AvgIpc) is 3.13. The highest BCUT2D eigenvalue weighted by molar-refractivity contribution is 6.22. The molecule has 0 heteroatoms. The lowest BCUT2D eigenvalue weighted by atomic mass is 9.83. The number of fused-ring (bicyclic) bond motifs is 4. The van der Waals surface area contributed by atoms with Gasteiger partial charge in [-0.05, 0) is 99.7 Å². The van der Waals surface area contributed by atoms with Crippen molar-refractivity contribution in [2.45, 2.75) is 0 Å². The Balaban J connectivity index is 1.30. The van der Waals surface area contributed by atoms with Gasteiger partial charge >= 0.3 is 0 Å². The first-order valence-electron chi connectivity index (χ1n) is 15.9. The molecule has 0 spiro atoms. The van der Waals surface area contributed by atoms with E-state index in [9.17, 15) is 0 Å². The zero-order valence-corrected chi connectivity index (χ0v) is 25.3. The molecule has 0 amide bonds. The fraction of sp³-hybridized carbons (Fsp3) is 0. The van der Waals surface area contributed by atoms with E-state index in [0.29, 0.717) is 0 Å². The van der Waals surface area contributed by atoms with Gasteiger partial charge in [-0.2, -0.15) is 0 Å². The average molecular weight is 583 g/mol. The smallest absolute Gasteiger partial charge is 0.00201 e. The van der Waals surface area contributed by atoms with Crippen LogP contribution in [0.5, 0.6) is 0 Å². The van der Waals surface area contributed by atoms with E-state index >= 15 is 0 Å². The Kier molecular flexibility index (Phi) is 6.25. The summed E-state index contributed by atoms with van der Waals surface area (Å²) in [6.45, 7) is 0. The molecular weight excluding hydrogens is 553 g/mol. The highest BCUT2D eigenvalue weighted by Crippen LogP contribution is 2.46. The van der Waals surface area contributed by atoms with Crippen molar-refractivity contribution in [2.24, 2.45) is 0 Å². The molecular formula is C46H30. The summed E-state index contributed by atoms with van der Waals surface area (Å²) in [4.78, 5) is 0. The Morgan fingerprint density at radius 2 is 0.717 bits per heavy atom. The van der Waals surface area contributed by atoms with Gasteiger partial charge in [0.15, 0.2) is 0 Å². The third kappa shape index (κ3) is 4.30. The fourth-order valence-electron chi connectivity index (χ4n) is 7.35.